The van der Waals surface area contributed by atoms with Gasteiger partial charge in [-0.3, -0.25) is 28.5 Å². The van der Waals surface area contributed by atoms with Gasteiger partial charge in [-0.2, -0.15) is 4.31 Å². The number of phosphoric ester groups is 1. The smallest absolute Gasteiger partial charge is 0.481 e. The number of anilines is 1. The molecule has 1 fully saturated rings. The Kier molecular flexibility index (Phi) is 11.8. The third kappa shape index (κ3) is 9.06. The van der Waals surface area contributed by atoms with E-state index in [2.05, 4.69) is 29.4 Å². The molecule has 2 aromatic heterocycles. The number of carboxylic acid groups (broad SMARTS) is 1. The van der Waals surface area contributed by atoms with Gasteiger partial charge in [0.1, 0.15) is 29.3 Å². The zero-order valence-electron chi connectivity index (χ0n) is 31.6. The number of aromatic carboxylic acids is 1. The Morgan fingerprint density at radius 3 is 2.47 bits per heavy atom. The SMILES string of the molecule is Cn1c[n+]([C@@H]2O[C@H](COP(=O)(O)OP(=O)(O)O)[C@@H](O)[C@H]2OC(=O)NCCNC(=O)c2ccc(-c3c4ccc(=O)cc-4oc4cc(O)ccc34)c(C(=O)O)c2)c2nc(N)[nH]c(=O)c21. The summed E-state index contributed by atoms with van der Waals surface area (Å²) in [6.07, 6.45) is -6.63. The standard InChI is InChI=1S/C35H33N7O18P2/c1-41-14-42(29-26(41)31(47)40-34(36)39-29)32-28(27(45)24(58-32)13-56-62(54,55)60-61(51,52)53)59-35(50)38-9-8-37-30(46)15-2-5-18(21(10-15)33(48)49)25-19-6-3-16(43)11-22(19)57-23-12-17(44)4-7-20(23)25/h2-7,10-12,14,24,27-28,32,45H,8-9,13H2,1H3,(H9-,36,37,38,39,40,43,44,46,47,48,49,50,51,52,53,54,55)/p+1/t24-,27-,28-,32-/m1/s1. The number of carbonyl (C=O) groups excluding carboxylic acids is 2. The number of nitrogens with one attached hydrogen (secondary N) is 3. The number of nitrogen functional groups attached to an aromatic ring is 1. The molecule has 25 nitrogen and oxygen atoms in total. The number of alkyl carbamates (subject to hydrolysis) is 1. The molecule has 4 heterocycles. The summed E-state index contributed by atoms with van der Waals surface area (Å²) in [4.78, 5) is 97.6. The Morgan fingerprint density at radius 1 is 1.02 bits per heavy atom. The van der Waals surface area contributed by atoms with Gasteiger partial charge in [0, 0.05) is 47.3 Å². The lowest BCUT2D eigenvalue weighted by molar-refractivity contribution is -0.745. The minimum atomic E-state index is -5.51. The maximum Gasteiger partial charge on any atom is 0.481 e. The second-order valence-corrected chi connectivity index (χ2v) is 16.4. The summed E-state index contributed by atoms with van der Waals surface area (Å²) in [6.45, 7) is -1.57. The predicted octanol–water partition coefficient (Wildman–Crippen LogP) is 0.423. The fraction of sp³-hybridized carbons (Fsp3) is 0.229. The lowest BCUT2D eigenvalue weighted by Gasteiger charge is -2.20. The van der Waals surface area contributed by atoms with E-state index in [1.54, 1.807) is 0 Å². The molecule has 1 saturated heterocycles. The number of phosphoric acid groups is 2. The number of hydrogen-bond donors (Lipinski definition) is 10. The van der Waals surface area contributed by atoms with Crippen molar-refractivity contribution in [2.45, 2.75) is 24.5 Å². The minimum Gasteiger partial charge on any atom is -0.508 e. The second kappa shape index (κ2) is 16.7. The first-order valence-electron chi connectivity index (χ1n) is 17.8. The van der Waals surface area contributed by atoms with Crippen LogP contribution in [0.5, 0.6) is 5.75 Å². The molecule has 1 unspecified atom stereocenters. The zero-order valence-corrected chi connectivity index (χ0v) is 33.4. The highest BCUT2D eigenvalue weighted by atomic mass is 31.3. The number of aryl methyl sites for hydroxylation is 1. The van der Waals surface area contributed by atoms with E-state index < -0.39 is 70.3 Å². The van der Waals surface area contributed by atoms with Crippen LogP contribution in [0, 0.1) is 0 Å². The molecular weight excluding hydrogens is 868 g/mol. The number of ether oxygens (including phenoxy) is 2. The fourth-order valence-corrected chi connectivity index (χ4v) is 8.42. The number of aromatic hydroxyl groups is 1. The van der Waals surface area contributed by atoms with Crippen molar-refractivity contribution in [3.05, 3.63) is 92.6 Å². The molecule has 326 valence electrons. The van der Waals surface area contributed by atoms with Crippen molar-refractivity contribution in [3.8, 4) is 28.2 Å². The van der Waals surface area contributed by atoms with E-state index in [4.69, 9.17) is 29.4 Å². The van der Waals surface area contributed by atoms with Gasteiger partial charge in [0.05, 0.1) is 19.2 Å². The molecule has 5 atom stereocenters. The number of amides is 2. The van der Waals surface area contributed by atoms with Crippen LogP contribution in [-0.2, 0) is 34.5 Å². The summed E-state index contributed by atoms with van der Waals surface area (Å²) < 4.78 is 51.1. The first-order chi connectivity index (χ1) is 29.2. The van der Waals surface area contributed by atoms with Gasteiger partial charge in [0.2, 0.25) is 11.7 Å². The van der Waals surface area contributed by atoms with Crippen LogP contribution in [0.4, 0.5) is 10.7 Å². The van der Waals surface area contributed by atoms with Crippen LogP contribution in [0.25, 0.3) is 44.6 Å². The summed E-state index contributed by atoms with van der Waals surface area (Å²) in [5, 5.41) is 36.8. The summed E-state index contributed by atoms with van der Waals surface area (Å²) >= 11 is 0. The molecule has 3 aliphatic rings. The molecular formula is C35H34N7O18P2+. The topological polar surface area (TPSA) is 378 Å². The number of rotatable bonds is 13. The van der Waals surface area contributed by atoms with Crippen molar-refractivity contribution in [1.29, 1.82) is 0 Å². The van der Waals surface area contributed by atoms with Gasteiger partial charge < -0.3 is 60.3 Å². The molecule has 2 aliphatic heterocycles. The second-order valence-electron chi connectivity index (χ2n) is 13.6. The molecule has 2 aromatic carbocycles. The largest absolute Gasteiger partial charge is 0.508 e. The molecule has 7 rings (SSSR count). The Morgan fingerprint density at radius 2 is 1.74 bits per heavy atom. The van der Waals surface area contributed by atoms with Gasteiger partial charge in [-0.15, -0.1) is 0 Å². The summed E-state index contributed by atoms with van der Waals surface area (Å²) in [6, 6.07) is 12.1. The molecule has 4 aromatic rings. The van der Waals surface area contributed by atoms with E-state index in [9.17, 15) is 53.3 Å². The monoisotopic (exact) mass is 902 g/mol. The molecule has 62 heavy (non-hydrogen) atoms. The Hall–Kier alpha value is -6.53. The average molecular weight is 903 g/mol. The minimum absolute atomic E-state index is 0.0333. The highest BCUT2D eigenvalue weighted by molar-refractivity contribution is 7.60. The van der Waals surface area contributed by atoms with Crippen LogP contribution in [0.1, 0.15) is 26.9 Å². The Labute approximate surface area is 345 Å². The molecule has 2 amide bonds. The summed E-state index contributed by atoms with van der Waals surface area (Å²) in [5.74, 6) is -2.46. The molecule has 27 heteroatoms. The van der Waals surface area contributed by atoms with Gasteiger partial charge in [-0.25, -0.2) is 23.3 Å². The van der Waals surface area contributed by atoms with Crippen LogP contribution in [-0.4, -0.2) is 101 Å². The van der Waals surface area contributed by atoms with E-state index in [0.29, 0.717) is 16.5 Å². The Bertz CT molecular complexity index is 2960. The Balaban J connectivity index is 1.05. The first-order valence-corrected chi connectivity index (χ1v) is 20.9. The molecule has 11 N–H and O–H groups in total. The number of aliphatic hydroxyl groups is 1. The van der Waals surface area contributed by atoms with E-state index in [-0.39, 0.29) is 69.4 Å². The maximum atomic E-state index is 13.2. The number of carboxylic acids is 1. The maximum absolute atomic E-state index is 13.2. The highest BCUT2D eigenvalue weighted by Crippen LogP contribution is 2.57. The first kappa shape index (κ1) is 43.6. The van der Waals surface area contributed by atoms with E-state index >= 15 is 0 Å². The van der Waals surface area contributed by atoms with Crippen LogP contribution < -0.4 is 31.9 Å². The molecule has 1 aliphatic carbocycles. The van der Waals surface area contributed by atoms with Crippen LogP contribution in [0.15, 0.2) is 74.9 Å². The third-order valence-electron chi connectivity index (χ3n) is 9.37. The van der Waals surface area contributed by atoms with Crippen molar-refractivity contribution in [3.63, 3.8) is 0 Å². The number of nitrogens with two attached hydrogens (primary N) is 1. The predicted molar refractivity (Wildman–Crippen MR) is 209 cm³/mol. The number of fused-ring (bicyclic) bond motifs is 3. The number of aromatic amines is 1. The van der Waals surface area contributed by atoms with E-state index in [1.807, 2.05) is 0 Å². The number of phenols is 1. The van der Waals surface area contributed by atoms with Crippen molar-refractivity contribution in [2.24, 2.45) is 7.05 Å². The van der Waals surface area contributed by atoms with Gasteiger partial charge >= 0.3 is 33.4 Å². The fourth-order valence-electron chi connectivity index (χ4n) is 6.83. The molecule has 0 radical (unpaired) electrons. The molecule has 0 spiro atoms. The van der Waals surface area contributed by atoms with Gasteiger partial charge in [0.25, 0.3) is 17.4 Å². The van der Waals surface area contributed by atoms with Crippen molar-refractivity contribution < 1.29 is 80.8 Å². The number of aromatic nitrogens is 4. The number of benzene rings is 3. The van der Waals surface area contributed by atoms with Crippen LogP contribution >= 0.6 is 15.6 Å². The van der Waals surface area contributed by atoms with Crippen LogP contribution in [0.2, 0.25) is 0 Å². The lowest BCUT2D eigenvalue weighted by atomic mass is 9.90. The molecule has 0 saturated carbocycles. The number of aliphatic hydroxyl groups excluding tert-OH is 1. The van der Waals surface area contributed by atoms with Crippen LogP contribution in [0.3, 0.4) is 0 Å². The van der Waals surface area contributed by atoms with Gasteiger partial charge in [0.15, 0.2) is 17.9 Å². The number of carbonyl (C=O) groups is 3. The normalized spacial score (nSPS) is 18.8. The molecule has 0 bridgehead atoms. The van der Waals surface area contributed by atoms with Crippen molar-refractivity contribution >= 4 is 61.7 Å². The summed E-state index contributed by atoms with van der Waals surface area (Å²) in [7, 11) is -9.48. The van der Waals surface area contributed by atoms with Gasteiger partial charge in [-0.05, 0) is 42.0 Å². The quantitative estimate of drug-likeness (QED) is 0.0325. The number of imidazole rings is 1. The summed E-state index contributed by atoms with van der Waals surface area (Å²) in [5.41, 5.74) is 5.27. The highest BCUT2D eigenvalue weighted by Gasteiger charge is 2.51. The zero-order chi connectivity index (χ0) is 44.8. The average Bonchev–Trinajstić information content (AvgIpc) is 3.67. The lowest BCUT2D eigenvalue weighted by Crippen LogP contribution is -2.49. The number of phenolic OH excluding ortho intramolecular Hbond substituents is 1. The van der Waals surface area contributed by atoms with E-state index in [0.717, 1.165) is 10.6 Å². The van der Waals surface area contributed by atoms with E-state index in [1.165, 1.54) is 66.5 Å². The van der Waals surface area contributed by atoms with Gasteiger partial charge in [-0.1, -0.05) is 11.1 Å². The number of nitrogens with zero attached hydrogens (tertiary/aromatic N) is 3. The third-order valence-corrected chi connectivity index (χ3v) is 11.5. The van der Waals surface area contributed by atoms with Crippen molar-refractivity contribution in [1.82, 2.24) is 25.2 Å². The number of hydrogen-bond acceptors (Lipinski definition) is 16. The van der Waals surface area contributed by atoms with Crippen molar-refractivity contribution in [2.75, 3.05) is 25.4 Å². The number of H-pyrrole nitrogens is 1.